The van der Waals surface area contributed by atoms with Crippen LogP contribution in [0.5, 0.6) is 0 Å². The summed E-state index contributed by atoms with van der Waals surface area (Å²) in [6, 6.07) is 1.84. The van der Waals surface area contributed by atoms with Gasteiger partial charge < -0.3 is 0 Å². The van der Waals surface area contributed by atoms with Crippen LogP contribution >= 0.6 is 0 Å². The van der Waals surface area contributed by atoms with Crippen LogP contribution in [0.4, 0.5) is 0 Å². The van der Waals surface area contributed by atoms with Gasteiger partial charge >= 0.3 is 0 Å². The predicted molar refractivity (Wildman–Crippen MR) is 72.4 cm³/mol. The molecule has 0 radical (unpaired) electrons. The van der Waals surface area contributed by atoms with Crippen LogP contribution in [0.25, 0.3) is 0 Å². The maximum atomic E-state index is 11.8. The van der Waals surface area contributed by atoms with Gasteiger partial charge in [-0.1, -0.05) is 33.1 Å². The molecule has 18 heavy (non-hydrogen) atoms. The van der Waals surface area contributed by atoms with E-state index < -0.39 is 15.3 Å². The minimum atomic E-state index is -3.45. The Morgan fingerprint density at radius 1 is 1.44 bits per heavy atom. The normalized spacial score (nSPS) is 26.5. The molecule has 1 fully saturated rings. The van der Waals surface area contributed by atoms with Crippen LogP contribution in [0.2, 0.25) is 0 Å². The highest BCUT2D eigenvalue weighted by Crippen LogP contribution is 2.30. The van der Waals surface area contributed by atoms with Crippen molar-refractivity contribution in [3.05, 3.63) is 0 Å². The van der Waals surface area contributed by atoms with E-state index in [1.54, 1.807) is 6.92 Å². The van der Waals surface area contributed by atoms with Gasteiger partial charge in [0.25, 0.3) is 0 Å². The summed E-state index contributed by atoms with van der Waals surface area (Å²) >= 11 is 0. The van der Waals surface area contributed by atoms with Crippen molar-refractivity contribution in [2.75, 3.05) is 6.54 Å². The molecule has 0 aliphatic heterocycles. The van der Waals surface area contributed by atoms with E-state index in [-0.39, 0.29) is 0 Å². The minimum absolute atomic E-state index is 0.340. The van der Waals surface area contributed by atoms with Gasteiger partial charge in [-0.25, -0.2) is 13.1 Å². The summed E-state index contributed by atoms with van der Waals surface area (Å²) in [6.45, 7) is 4.45. The van der Waals surface area contributed by atoms with Gasteiger partial charge in [0.2, 0.25) is 10.0 Å². The van der Waals surface area contributed by atoms with Crippen molar-refractivity contribution >= 4 is 10.0 Å². The SMILES string of the molecule is CCC(C#N)S(=O)(=O)NCCC1CCCC(C)C1. The Morgan fingerprint density at radius 2 is 2.17 bits per heavy atom. The second-order valence-electron chi connectivity index (χ2n) is 5.39. The molecular weight excluding hydrogens is 248 g/mol. The zero-order valence-corrected chi connectivity index (χ0v) is 12.2. The van der Waals surface area contributed by atoms with Crippen molar-refractivity contribution in [1.29, 1.82) is 5.26 Å². The first kappa shape index (κ1) is 15.5. The fraction of sp³-hybridized carbons (Fsp3) is 0.923. The average molecular weight is 272 g/mol. The molecule has 0 spiro atoms. The lowest BCUT2D eigenvalue weighted by molar-refractivity contribution is 0.271. The molecule has 1 aliphatic carbocycles. The van der Waals surface area contributed by atoms with Gasteiger partial charge in [-0.05, 0) is 31.1 Å². The molecule has 1 N–H and O–H groups in total. The summed E-state index contributed by atoms with van der Waals surface area (Å²) in [7, 11) is -3.45. The lowest BCUT2D eigenvalue weighted by Crippen LogP contribution is -2.34. The zero-order chi connectivity index (χ0) is 13.6. The van der Waals surface area contributed by atoms with Gasteiger partial charge in [-0.3, -0.25) is 0 Å². The summed E-state index contributed by atoms with van der Waals surface area (Å²) in [5.41, 5.74) is 0. The largest absolute Gasteiger partial charge is 0.227 e. The summed E-state index contributed by atoms with van der Waals surface area (Å²) in [5, 5.41) is 7.86. The summed E-state index contributed by atoms with van der Waals surface area (Å²) in [4.78, 5) is 0. The Hall–Kier alpha value is -0.600. The standard InChI is InChI=1S/C13H24N2O2S/c1-3-13(10-14)18(16,17)15-8-7-12-6-4-5-11(2)9-12/h11-13,15H,3-9H2,1-2H3. The van der Waals surface area contributed by atoms with Crippen LogP contribution in [0.1, 0.15) is 52.4 Å². The molecule has 3 unspecified atom stereocenters. The average Bonchev–Trinajstić information content (AvgIpc) is 2.30. The number of hydrogen-bond donors (Lipinski definition) is 1. The molecule has 0 bridgehead atoms. The number of nitrogens with zero attached hydrogens (tertiary/aromatic N) is 1. The highest BCUT2D eigenvalue weighted by molar-refractivity contribution is 7.90. The fourth-order valence-electron chi connectivity index (χ4n) is 2.71. The number of nitriles is 1. The van der Waals surface area contributed by atoms with Crippen LogP contribution in [0.3, 0.4) is 0 Å². The van der Waals surface area contributed by atoms with E-state index in [4.69, 9.17) is 5.26 Å². The molecule has 0 aromatic heterocycles. The van der Waals surface area contributed by atoms with Crippen LogP contribution in [-0.4, -0.2) is 20.2 Å². The predicted octanol–water partition coefficient (Wildman–Crippen LogP) is 2.42. The molecule has 0 aromatic rings. The van der Waals surface area contributed by atoms with Crippen molar-refractivity contribution < 1.29 is 8.42 Å². The van der Waals surface area contributed by atoms with E-state index in [1.807, 2.05) is 6.07 Å². The van der Waals surface area contributed by atoms with Crippen LogP contribution in [-0.2, 0) is 10.0 Å². The van der Waals surface area contributed by atoms with E-state index in [1.165, 1.54) is 25.7 Å². The number of nitrogens with one attached hydrogen (secondary N) is 1. The van der Waals surface area contributed by atoms with E-state index in [0.717, 1.165) is 12.3 Å². The zero-order valence-electron chi connectivity index (χ0n) is 11.4. The third-order valence-corrected chi connectivity index (χ3v) is 5.58. The smallest absolute Gasteiger partial charge is 0.214 e. The molecule has 4 nitrogen and oxygen atoms in total. The first-order valence-corrected chi connectivity index (χ1v) is 8.42. The summed E-state index contributed by atoms with van der Waals surface area (Å²) in [5.74, 6) is 1.40. The Kier molecular flexibility index (Phi) is 6.10. The first-order chi connectivity index (χ1) is 8.49. The fourth-order valence-corrected chi connectivity index (χ4v) is 3.89. The molecule has 104 valence electrons. The van der Waals surface area contributed by atoms with Crippen molar-refractivity contribution in [3.8, 4) is 6.07 Å². The van der Waals surface area contributed by atoms with Crippen molar-refractivity contribution in [3.63, 3.8) is 0 Å². The van der Waals surface area contributed by atoms with Gasteiger partial charge in [0.15, 0.2) is 5.25 Å². The minimum Gasteiger partial charge on any atom is -0.214 e. The third-order valence-electron chi connectivity index (χ3n) is 3.79. The molecule has 3 atom stereocenters. The van der Waals surface area contributed by atoms with E-state index in [9.17, 15) is 8.42 Å². The Labute approximate surface area is 111 Å². The highest BCUT2D eigenvalue weighted by atomic mass is 32.2. The quantitative estimate of drug-likeness (QED) is 0.807. The molecule has 0 amide bonds. The molecule has 1 aliphatic rings. The molecule has 1 rings (SSSR count). The molecule has 0 heterocycles. The van der Waals surface area contributed by atoms with Crippen LogP contribution in [0.15, 0.2) is 0 Å². The second-order valence-corrected chi connectivity index (χ2v) is 7.34. The van der Waals surface area contributed by atoms with Crippen LogP contribution < -0.4 is 4.72 Å². The summed E-state index contributed by atoms with van der Waals surface area (Å²) < 4.78 is 26.1. The van der Waals surface area contributed by atoms with Gasteiger partial charge in [0.05, 0.1) is 6.07 Å². The third kappa shape index (κ3) is 4.58. The molecule has 1 saturated carbocycles. The van der Waals surface area contributed by atoms with E-state index in [0.29, 0.717) is 18.9 Å². The first-order valence-electron chi connectivity index (χ1n) is 6.87. The highest BCUT2D eigenvalue weighted by Gasteiger charge is 2.24. The van der Waals surface area contributed by atoms with E-state index >= 15 is 0 Å². The van der Waals surface area contributed by atoms with Gasteiger partial charge in [-0.15, -0.1) is 0 Å². The van der Waals surface area contributed by atoms with Crippen LogP contribution in [0, 0.1) is 23.2 Å². The molecule has 0 aromatic carbocycles. The van der Waals surface area contributed by atoms with Gasteiger partial charge in [0, 0.05) is 6.54 Å². The maximum Gasteiger partial charge on any atom is 0.227 e. The monoisotopic (exact) mass is 272 g/mol. The summed E-state index contributed by atoms with van der Waals surface area (Å²) in [6.07, 6.45) is 6.21. The number of sulfonamides is 1. The topological polar surface area (TPSA) is 70.0 Å². The lowest BCUT2D eigenvalue weighted by atomic mass is 9.81. The van der Waals surface area contributed by atoms with Crippen molar-refractivity contribution in [2.45, 2.75) is 57.6 Å². The van der Waals surface area contributed by atoms with Gasteiger partial charge in [0.1, 0.15) is 0 Å². The number of rotatable bonds is 6. The Bertz CT molecular complexity index is 386. The number of hydrogen-bond acceptors (Lipinski definition) is 3. The Morgan fingerprint density at radius 3 is 2.72 bits per heavy atom. The molecule has 0 saturated heterocycles. The van der Waals surface area contributed by atoms with E-state index in [2.05, 4.69) is 11.6 Å². The molecular formula is C13H24N2O2S. The van der Waals surface area contributed by atoms with Crippen molar-refractivity contribution in [1.82, 2.24) is 4.72 Å². The van der Waals surface area contributed by atoms with Crippen molar-refractivity contribution in [2.24, 2.45) is 11.8 Å². The molecule has 5 heteroatoms. The lowest BCUT2D eigenvalue weighted by Gasteiger charge is -2.26. The van der Waals surface area contributed by atoms with Gasteiger partial charge in [-0.2, -0.15) is 5.26 Å². The maximum absolute atomic E-state index is 11.8. The second kappa shape index (κ2) is 7.10. The Balaban J connectivity index is 2.35.